The molecule has 0 aliphatic carbocycles. The van der Waals surface area contributed by atoms with E-state index in [2.05, 4.69) is 79.4 Å². The van der Waals surface area contributed by atoms with Crippen LogP contribution in [-0.2, 0) is 113 Å². The number of rotatable bonds is 22. The zero-order valence-corrected chi connectivity index (χ0v) is 85.4. The van der Waals surface area contributed by atoms with E-state index >= 15 is 0 Å². The van der Waals surface area contributed by atoms with Crippen molar-refractivity contribution in [2.24, 2.45) is 0 Å². The number of nitro groups is 3. The number of hydrogen-bond acceptors (Lipinski definition) is 28. The third-order valence-corrected chi connectivity index (χ3v) is 20.5. The van der Waals surface area contributed by atoms with Gasteiger partial charge < -0.3 is 74.9 Å². The van der Waals surface area contributed by atoms with Crippen LogP contribution in [-0.4, -0.2) is 209 Å². The number of alkyl halides is 1. The lowest BCUT2D eigenvalue weighted by atomic mass is 10.1. The Morgan fingerprint density at radius 3 is 1.28 bits per heavy atom. The predicted molar refractivity (Wildman–Crippen MR) is 543 cm³/mol. The van der Waals surface area contributed by atoms with E-state index in [4.69, 9.17) is 38.9 Å². The van der Waals surface area contributed by atoms with Gasteiger partial charge in [-0.05, 0) is 183 Å². The Kier molecular flexibility index (Phi) is 48.8. The van der Waals surface area contributed by atoms with Crippen LogP contribution in [0.5, 0.6) is 0 Å². The van der Waals surface area contributed by atoms with Gasteiger partial charge in [0.2, 0.25) is 17.7 Å². The summed E-state index contributed by atoms with van der Waals surface area (Å²) in [6.07, 6.45) is -2.25. The molecule has 141 heavy (non-hydrogen) atoms. The maximum absolute atomic E-state index is 12.4. The van der Waals surface area contributed by atoms with Crippen molar-refractivity contribution in [2.75, 3.05) is 118 Å². The number of anilines is 5. The molecule has 4 aliphatic rings. The number of nitrogen functional groups attached to an aromatic ring is 1. The van der Waals surface area contributed by atoms with Crippen molar-refractivity contribution in [1.82, 2.24) is 35.6 Å². The number of nitrogens with one attached hydrogen (secondary N) is 4. The van der Waals surface area contributed by atoms with Crippen molar-refractivity contribution in [3.05, 3.63) is 269 Å². The van der Waals surface area contributed by atoms with Gasteiger partial charge in [0.15, 0.2) is 0 Å². The Morgan fingerprint density at radius 2 is 0.809 bits per heavy atom. The average molecular weight is 2020 g/mol. The molecule has 0 fully saturated rings. The monoisotopic (exact) mass is 2020 g/mol. The van der Waals surface area contributed by atoms with Gasteiger partial charge in [-0.15, -0.1) is 0 Å². The molecule has 0 aromatic heterocycles. The van der Waals surface area contributed by atoms with Gasteiger partial charge in [0, 0.05) is 121 Å². The van der Waals surface area contributed by atoms with E-state index in [0.29, 0.717) is 60.5 Å². The van der Waals surface area contributed by atoms with Gasteiger partial charge in [0.05, 0.1) is 73.9 Å². The Labute approximate surface area is 833 Å². The normalized spacial score (nSPS) is 13.0. The Balaban J connectivity index is 0.000000287. The smallest absolute Gasteiger partial charge is 0.411 e. The lowest BCUT2D eigenvalue weighted by molar-refractivity contribution is -0.385. The number of nitrogens with two attached hydrogens (primary N) is 1. The summed E-state index contributed by atoms with van der Waals surface area (Å²) in [4.78, 5) is 161. The first-order chi connectivity index (χ1) is 66.7. The first kappa shape index (κ1) is 117. The molecule has 6 N–H and O–H groups in total. The highest BCUT2D eigenvalue weighted by Gasteiger charge is 2.34. The average Bonchev–Trinajstić information content (AvgIpc) is 1.69. The number of ether oxygens (including phenoxy) is 7. The molecule has 0 bridgehead atoms. The largest absolute Gasteiger partial charge is 0.465 e. The molecule has 0 saturated carbocycles. The summed E-state index contributed by atoms with van der Waals surface area (Å²) in [6.45, 7) is 40.7. The van der Waals surface area contributed by atoms with Crippen LogP contribution in [0.1, 0.15) is 169 Å². The van der Waals surface area contributed by atoms with Crippen LogP contribution in [0.4, 0.5) is 64.7 Å². The number of likely N-dealkylation sites (N-methyl/N-ethyl adjacent to an activating group) is 3. The first-order valence-electron chi connectivity index (χ1n) is 46.2. The SMILES string of the molecule is CC(C)(C)OC(=O)N1CC(=O)Nc2ccccc2C1.CCN1C(=O)CN(C(=O)OC(C)(C)C)Cc2ccccc21.CCN1C(=O)CNCc2ccccc21.CCN1CCNCc2ccccc21.CCOC(=O)CN(Cc1ccccc1N)C(=O)OC(C)(C)C.CCOC(=O)CN(Cc1ccccc1[N+](=O)[O-])C(=O)OC(C)(C)C.CCOC(=O)CNCc1ccccc1[N+](=O)[O-].O=[N+]([O-])c1ccccc1CBr. The zero-order chi connectivity index (χ0) is 105. The highest BCUT2D eigenvalue weighted by molar-refractivity contribution is 9.08. The molecule has 8 aromatic rings. The zero-order valence-electron chi connectivity index (χ0n) is 83.8. The van der Waals surface area contributed by atoms with Gasteiger partial charge in [-0.1, -0.05) is 162 Å². The highest BCUT2D eigenvalue weighted by Crippen LogP contribution is 2.31. The predicted octanol–water partition coefficient (Wildman–Crippen LogP) is 17.1. The Hall–Kier alpha value is -14.2. The molecular formula is C102H136BrN15O23. The minimum Gasteiger partial charge on any atom is -0.465 e. The van der Waals surface area contributed by atoms with E-state index in [1.165, 1.54) is 61.8 Å². The summed E-state index contributed by atoms with van der Waals surface area (Å²) >= 11 is 3.17. The molecule has 12 rings (SSSR count). The molecule has 0 unspecified atom stereocenters. The number of amides is 7. The standard InChI is InChI=1S/C16H22N2O6.C16H24N2O4.C16H22N2O3.C14H18N2O3.C11H14N2O4.C11H14N2O.C11H16N2.C7H6BrNO2/c1-5-23-14(19)11-17(15(20)24-16(2,3)4)10-12-8-6-7-9-13(12)18(21)22;1-5-21-14(19)11-18(15(20)22-16(2,3)4)10-12-8-6-7-9-13(12)17;1-5-18-13-9-7-6-8-12(13)10-17(11-14(18)19)15(20)21-16(2,3)4;1-14(2,3)19-13(18)16-8-10-6-4-5-7-11(10)15-12(17)9-16;1-2-17-11(14)8-12-7-9-5-3-4-6-10(9)13(15)16;1-2-13-10-6-4-3-5-9(10)7-12-8-11(13)14;1-2-13-8-7-12-9-10-5-3-4-6-11(10)13;8-5-6-3-1-2-4-7(6)9(10)11/h6-9H,5,10-11H2,1-4H3;6-9H,5,10-11,17H2,1-4H3;6-9H,5,10-11H2,1-4H3;4-7H,8-9H2,1-3H3,(H,15,17);3-6,12H,2,7-8H2,1H3;3-6,12H,2,7-8H2,1H3;3-6,12H,2,7-9H2,1H3;1-4H,5H2. The summed E-state index contributed by atoms with van der Waals surface area (Å²) in [5.41, 5.74) is 14.8. The maximum atomic E-state index is 12.4. The molecule has 38 nitrogen and oxygen atoms in total. The first-order valence-corrected chi connectivity index (χ1v) is 47.3. The number of nitro benzene ring substituents is 3. The van der Waals surface area contributed by atoms with Gasteiger partial charge in [0.25, 0.3) is 17.1 Å². The summed E-state index contributed by atoms with van der Waals surface area (Å²) in [7, 11) is 0. The van der Waals surface area contributed by atoms with Crippen LogP contribution in [0.3, 0.4) is 0 Å². The summed E-state index contributed by atoms with van der Waals surface area (Å²) < 4.78 is 35.7. The number of halogens is 1. The number of esters is 3. The number of fused-ring (bicyclic) bond motifs is 4. The minimum atomic E-state index is -0.757. The number of benzene rings is 8. The molecule has 4 aliphatic heterocycles. The van der Waals surface area contributed by atoms with E-state index < -0.39 is 68.6 Å². The van der Waals surface area contributed by atoms with E-state index in [0.717, 1.165) is 77.9 Å². The molecule has 0 radical (unpaired) electrons. The number of para-hydroxylation sites is 8. The van der Waals surface area contributed by atoms with Crippen LogP contribution in [0.25, 0.3) is 0 Å². The van der Waals surface area contributed by atoms with E-state index in [1.807, 2.05) is 118 Å². The fraction of sp³-hybridized carbons (Fsp3) is 0.431. The van der Waals surface area contributed by atoms with E-state index in [9.17, 15) is 78.3 Å². The molecule has 8 aromatic carbocycles. The number of carbonyl (C=O) groups is 10. The Bertz CT molecular complexity index is 5470. The van der Waals surface area contributed by atoms with E-state index in [1.54, 1.807) is 143 Å². The summed E-state index contributed by atoms with van der Waals surface area (Å²) in [5, 5.41) is 44.8. The van der Waals surface area contributed by atoms with Crippen LogP contribution in [0, 0.1) is 30.3 Å². The van der Waals surface area contributed by atoms with E-state index in [-0.39, 0.29) is 111 Å². The van der Waals surface area contributed by atoms with Crippen LogP contribution in [0.15, 0.2) is 194 Å². The van der Waals surface area contributed by atoms with Crippen molar-refractivity contribution in [2.45, 2.75) is 198 Å². The van der Waals surface area contributed by atoms with Crippen molar-refractivity contribution in [1.29, 1.82) is 0 Å². The highest BCUT2D eigenvalue weighted by atomic mass is 79.9. The van der Waals surface area contributed by atoms with Crippen molar-refractivity contribution < 1.29 is 95.9 Å². The number of carbonyl (C=O) groups excluding carboxylic acids is 10. The van der Waals surface area contributed by atoms with Gasteiger partial charge in [-0.25, -0.2) is 19.2 Å². The molecule has 0 saturated heterocycles. The van der Waals surface area contributed by atoms with Gasteiger partial charge in [-0.2, -0.15) is 0 Å². The third kappa shape index (κ3) is 42.2. The second kappa shape index (κ2) is 58.7. The van der Waals surface area contributed by atoms with Crippen LogP contribution in [0.2, 0.25) is 0 Å². The second-order valence-corrected chi connectivity index (χ2v) is 36.1. The molecule has 764 valence electrons. The van der Waals surface area contributed by atoms with Gasteiger partial charge >= 0.3 is 42.3 Å². The fourth-order valence-corrected chi connectivity index (χ4v) is 14.2. The second-order valence-electron chi connectivity index (χ2n) is 35.6. The summed E-state index contributed by atoms with van der Waals surface area (Å²) in [6, 6.07) is 58.1. The molecule has 7 amide bonds. The number of hydrogen-bond donors (Lipinski definition) is 5. The lowest BCUT2D eigenvalue weighted by Gasteiger charge is -2.27. The molecule has 0 spiro atoms. The number of nitrogens with zero attached hydrogens (tertiary/aromatic N) is 10. The molecular weight excluding hydrogens is 1880 g/mol. The molecule has 4 heterocycles. The fourth-order valence-electron chi connectivity index (χ4n) is 13.7. The lowest BCUT2D eigenvalue weighted by Crippen LogP contribution is -2.42. The summed E-state index contributed by atoms with van der Waals surface area (Å²) in [5.74, 6) is -1.61. The quantitative estimate of drug-likeness (QED) is 0.0105. The van der Waals surface area contributed by atoms with Crippen LogP contribution >= 0.6 is 15.9 Å². The Morgan fingerprint density at radius 1 is 0.426 bits per heavy atom. The van der Waals surface area contributed by atoms with Crippen molar-refractivity contribution in [3.63, 3.8) is 0 Å². The third-order valence-electron chi connectivity index (χ3n) is 19.9. The molecule has 39 heteroatoms. The van der Waals surface area contributed by atoms with Crippen molar-refractivity contribution >= 4 is 121 Å². The molecule has 0 atom stereocenters. The van der Waals surface area contributed by atoms with Crippen molar-refractivity contribution in [3.8, 4) is 0 Å². The van der Waals surface area contributed by atoms with Crippen LogP contribution < -0.4 is 41.7 Å². The topological polar surface area (TPSA) is 462 Å². The minimum absolute atomic E-state index is 0.00356. The maximum Gasteiger partial charge on any atom is 0.411 e. The van der Waals surface area contributed by atoms with Gasteiger partial charge in [0.1, 0.15) is 48.6 Å². The van der Waals surface area contributed by atoms with Gasteiger partial charge in [-0.3, -0.25) is 78.7 Å².